The zero-order chi connectivity index (χ0) is 28.1. The van der Waals surface area contributed by atoms with E-state index in [1.807, 2.05) is 37.4 Å². The van der Waals surface area contributed by atoms with Crippen molar-refractivity contribution in [3.05, 3.63) is 46.4 Å². The Hall–Kier alpha value is -2.92. The topological polar surface area (TPSA) is 117 Å². The first-order chi connectivity index (χ1) is 18.6. The van der Waals surface area contributed by atoms with Crippen molar-refractivity contribution in [1.29, 1.82) is 0 Å². The lowest BCUT2D eigenvalue weighted by molar-refractivity contribution is -0.152. The predicted octanol–water partition coefficient (Wildman–Crippen LogP) is 3.23. The van der Waals surface area contributed by atoms with E-state index in [4.69, 9.17) is 19.2 Å². The van der Waals surface area contributed by atoms with Gasteiger partial charge in [-0.1, -0.05) is 0 Å². The van der Waals surface area contributed by atoms with Gasteiger partial charge in [0.1, 0.15) is 24.2 Å². The highest BCUT2D eigenvalue weighted by molar-refractivity contribution is 5.85. The molecule has 3 heterocycles. The Balaban J connectivity index is 0.00000441. The molecule has 3 aromatic rings. The standard InChI is InChI=1S/C29H40N4O6.ClH/c1-18(2)39-29(36)26(20(4)34)30-10-13-38-23-6-7-24-25(15-23)33(16-21-8-11-37-12-9-21)27(31-24)22-14-19(3)28(35)32(5)17-22;/h6-7,14-15,17-18,20-21,26,30,34H,8-13,16H2,1-5H3;1H/t20-,26+;/m1./s1. The van der Waals surface area contributed by atoms with Gasteiger partial charge in [-0.15, -0.1) is 12.4 Å². The van der Waals surface area contributed by atoms with E-state index in [-0.39, 0.29) is 24.1 Å². The van der Waals surface area contributed by atoms with E-state index in [1.54, 1.807) is 32.4 Å². The van der Waals surface area contributed by atoms with E-state index in [0.29, 0.717) is 30.4 Å². The summed E-state index contributed by atoms with van der Waals surface area (Å²) >= 11 is 0. The van der Waals surface area contributed by atoms with Crippen LogP contribution < -0.4 is 15.6 Å². The van der Waals surface area contributed by atoms with Gasteiger partial charge >= 0.3 is 5.97 Å². The molecular formula is C29H41ClN4O6. The lowest BCUT2D eigenvalue weighted by Crippen LogP contribution is -2.47. The first-order valence-corrected chi connectivity index (χ1v) is 13.6. The van der Waals surface area contributed by atoms with Crippen LogP contribution in [0, 0.1) is 12.8 Å². The molecule has 2 atom stereocenters. The average molecular weight is 577 g/mol. The Morgan fingerprint density at radius 3 is 2.60 bits per heavy atom. The van der Waals surface area contributed by atoms with Crippen molar-refractivity contribution >= 4 is 29.4 Å². The number of aryl methyl sites for hydroxylation is 2. The monoisotopic (exact) mass is 576 g/mol. The fourth-order valence-corrected chi connectivity index (χ4v) is 4.92. The summed E-state index contributed by atoms with van der Waals surface area (Å²) in [4.78, 5) is 29.5. The quantitative estimate of drug-likeness (QED) is 0.264. The number of aromatic nitrogens is 3. The number of hydrogen-bond acceptors (Lipinski definition) is 8. The number of benzene rings is 1. The molecule has 0 unspecified atom stereocenters. The molecule has 0 amide bonds. The van der Waals surface area contributed by atoms with Crippen molar-refractivity contribution in [2.24, 2.45) is 13.0 Å². The molecule has 0 saturated carbocycles. The Labute approximate surface area is 241 Å². The van der Waals surface area contributed by atoms with Gasteiger partial charge in [-0.3, -0.25) is 14.9 Å². The molecule has 1 saturated heterocycles. The summed E-state index contributed by atoms with van der Waals surface area (Å²) in [5, 5.41) is 13.0. The van der Waals surface area contributed by atoms with Gasteiger partial charge in [0.15, 0.2) is 0 Å². The Kier molecular flexibility index (Phi) is 11.2. The summed E-state index contributed by atoms with van der Waals surface area (Å²) in [6.07, 6.45) is 2.65. The molecule has 2 aromatic heterocycles. The zero-order valence-electron chi connectivity index (χ0n) is 23.9. The van der Waals surface area contributed by atoms with Gasteiger partial charge < -0.3 is 28.5 Å². The maximum atomic E-state index is 12.3. The molecule has 1 fully saturated rings. The van der Waals surface area contributed by atoms with Gasteiger partial charge in [0.25, 0.3) is 5.56 Å². The van der Waals surface area contributed by atoms with Gasteiger partial charge in [0.2, 0.25) is 0 Å². The van der Waals surface area contributed by atoms with Crippen LogP contribution in [0.25, 0.3) is 22.4 Å². The minimum absolute atomic E-state index is 0. The third-order valence-electron chi connectivity index (χ3n) is 6.95. The smallest absolute Gasteiger partial charge is 0.326 e. The lowest BCUT2D eigenvalue weighted by atomic mass is 10.00. The molecule has 4 rings (SSSR count). The number of fused-ring (bicyclic) bond motifs is 1. The van der Waals surface area contributed by atoms with Crippen LogP contribution in [0.5, 0.6) is 5.75 Å². The third kappa shape index (κ3) is 7.63. The molecule has 0 bridgehead atoms. The fraction of sp³-hybridized carbons (Fsp3) is 0.552. The predicted molar refractivity (Wildman–Crippen MR) is 156 cm³/mol. The molecule has 11 heteroatoms. The Bertz CT molecular complexity index is 1320. The normalized spacial score (nSPS) is 15.6. The number of esters is 1. The van der Waals surface area contributed by atoms with Crippen molar-refractivity contribution in [3.8, 4) is 17.1 Å². The first kappa shape index (κ1) is 31.6. The summed E-state index contributed by atoms with van der Waals surface area (Å²) in [5.41, 5.74) is 3.34. The maximum Gasteiger partial charge on any atom is 0.326 e. The molecule has 40 heavy (non-hydrogen) atoms. The summed E-state index contributed by atoms with van der Waals surface area (Å²) < 4.78 is 20.6. The van der Waals surface area contributed by atoms with Gasteiger partial charge in [0, 0.05) is 56.7 Å². The minimum Gasteiger partial charge on any atom is -0.492 e. The van der Waals surface area contributed by atoms with Crippen LogP contribution in [-0.2, 0) is 27.9 Å². The molecule has 220 valence electrons. The number of aliphatic hydroxyl groups is 1. The molecule has 10 nitrogen and oxygen atoms in total. The highest BCUT2D eigenvalue weighted by Gasteiger charge is 2.25. The maximum absolute atomic E-state index is 12.3. The van der Waals surface area contributed by atoms with Crippen LogP contribution in [-0.4, -0.2) is 69.8 Å². The summed E-state index contributed by atoms with van der Waals surface area (Å²) in [6, 6.07) is 6.88. The first-order valence-electron chi connectivity index (χ1n) is 13.6. The number of halogens is 1. The molecule has 2 N–H and O–H groups in total. The number of nitrogens with one attached hydrogen (secondary N) is 1. The van der Waals surface area contributed by atoms with Gasteiger partial charge in [-0.2, -0.15) is 0 Å². The molecule has 0 spiro atoms. The number of pyridine rings is 1. The zero-order valence-corrected chi connectivity index (χ0v) is 24.7. The second-order valence-electron chi connectivity index (χ2n) is 10.6. The molecule has 1 aromatic carbocycles. The van der Waals surface area contributed by atoms with E-state index in [0.717, 1.165) is 55.0 Å². The number of hydrogen-bond donors (Lipinski definition) is 2. The van der Waals surface area contributed by atoms with E-state index < -0.39 is 18.1 Å². The van der Waals surface area contributed by atoms with Crippen molar-refractivity contribution in [2.75, 3.05) is 26.4 Å². The van der Waals surface area contributed by atoms with Crippen molar-refractivity contribution in [2.45, 2.75) is 65.3 Å². The van der Waals surface area contributed by atoms with Crippen molar-refractivity contribution in [3.63, 3.8) is 0 Å². The van der Waals surface area contributed by atoms with E-state index in [1.165, 1.54) is 0 Å². The molecule has 1 aliphatic rings. The van der Waals surface area contributed by atoms with Crippen LogP contribution in [0.4, 0.5) is 0 Å². The second kappa shape index (κ2) is 14.1. The number of imidazole rings is 1. The van der Waals surface area contributed by atoms with Crippen LogP contribution in [0.2, 0.25) is 0 Å². The van der Waals surface area contributed by atoms with Gasteiger partial charge in [-0.25, -0.2) is 4.98 Å². The van der Waals surface area contributed by atoms with Gasteiger partial charge in [0.05, 0.1) is 23.2 Å². The van der Waals surface area contributed by atoms with Crippen molar-refractivity contribution in [1.82, 2.24) is 19.4 Å². The van der Waals surface area contributed by atoms with E-state index in [9.17, 15) is 14.7 Å². The molecule has 1 aliphatic heterocycles. The van der Waals surface area contributed by atoms with Crippen LogP contribution in [0.15, 0.2) is 35.3 Å². The Morgan fingerprint density at radius 2 is 1.95 bits per heavy atom. The molecule has 0 aliphatic carbocycles. The minimum atomic E-state index is -0.897. The highest BCUT2D eigenvalue weighted by atomic mass is 35.5. The summed E-state index contributed by atoms with van der Waals surface area (Å²) in [6.45, 7) is 9.86. The van der Waals surface area contributed by atoms with Crippen LogP contribution >= 0.6 is 12.4 Å². The number of carbonyl (C=O) groups excluding carboxylic acids is 1. The highest BCUT2D eigenvalue weighted by Crippen LogP contribution is 2.30. The van der Waals surface area contributed by atoms with Crippen molar-refractivity contribution < 1.29 is 24.1 Å². The number of aliphatic hydroxyl groups excluding tert-OH is 1. The van der Waals surface area contributed by atoms with E-state index >= 15 is 0 Å². The summed E-state index contributed by atoms with van der Waals surface area (Å²) in [5.74, 6) is 1.47. The molecular weight excluding hydrogens is 536 g/mol. The Morgan fingerprint density at radius 1 is 1.23 bits per heavy atom. The lowest BCUT2D eigenvalue weighted by Gasteiger charge is -2.24. The summed E-state index contributed by atoms with van der Waals surface area (Å²) in [7, 11) is 1.76. The van der Waals surface area contributed by atoms with Crippen LogP contribution in [0.1, 0.15) is 39.2 Å². The number of nitrogens with zero attached hydrogens (tertiary/aromatic N) is 3. The van der Waals surface area contributed by atoms with Gasteiger partial charge in [-0.05, 0) is 64.7 Å². The average Bonchev–Trinajstić information content (AvgIpc) is 3.24. The SMILES string of the molecule is Cc1cc(-c2nc3ccc(OCCN[C@H](C(=O)OC(C)C)[C@@H](C)O)cc3n2CC2CCOCC2)cn(C)c1=O.Cl. The largest absolute Gasteiger partial charge is 0.492 e. The third-order valence-corrected chi connectivity index (χ3v) is 6.95. The second-order valence-corrected chi connectivity index (χ2v) is 10.6. The number of carbonyl (C=O) groups is 1. The number of ether oxygens (including phenoxy) is 3. The van der Waals surface area contributed by atoms with E-state index in [2.05, 4.69) is 9.88 Å². The fourth-order valence-electron chi connectivity index (χ4n) is 4.92. The molecule has 0 radical (unpaired) electrons. The van der Waals surface area contributed by atoms with Crippen LogP contribution in [0.3, 0.4) is 0 Å². The number of rotatable bonds is 11.